The lowest BCUT2D eigenvalue weighted by atomic mass is 10.1. The molecule has 1 heterocycles. The van der Waals surface area contributed by atoms with Crippen molar-refractivity contribution >= 4 is 5.69 Å². The van der Waals surface area contributed by atoms with Gasteiger partial charge in [-0.2, -0.15) is 18.3 Å². The second-order valence-electron chi connectivity index (χ2n) is 6.12. The summed E-state index contributed by atoms with van der Waals surface area (Å²) in [6, 6.07) is 5.35. The van der Waals surface area contributed by atoms with Gasteiger partial charge in [-0.3, -0.25) is 4.68 Å². The van der Waals surface area contributed by atoms with Crippen LogP contribution in [0.25, 0.3) is 11.3 Å². The van der Waals surface area contributed by atoms with Crippen molar-refractivity contribution in [3.05, 3.63) is 70.9 Å². The maximum atomic E-state index is 14.5. The molecule has 0 unspecified atom stereocenters. The van der Waals surface area contributed by atoms with Crippen LogP contribution in [0, 0.1) is 23.3 Å². The number of hydrogen-bond acceptors (Lipinski definition) is 2. The molecule has 0 fully saturated rings. The van der Waals surface area contributed by atoms with Crippen LogP contribution in [0.4, 0.5) is 36.4 Å². The molecule has 3 aromatic rings. The number of aryl methyl sites for hydroxylation is 1. The molecule has 0 spiro atoms. The van der Waals surface area contributed by atoms with E-state index in [0.29, 0.717) is 12.1 Å². The molecule has 0 saturated carbocycles. The summed E-state index contributed by atoms with van der Waals surface area (Å²) in [5.74, 6) is -4.11. The number of halogens is 7. The molecule has 10 heteroatoms. The van der Waals surface area contributed by atoms with Gasteiger partial charge in [-0.15, -0.1) is 0 Å². The van der Waals surface area contributed by atoms with E-state index in [1.54, 1.807) is 6.92 Å². The summed E-state index contributed by atoms with van der Waals surface area (Å²) in [6.07, 6.45) is -4.67. The number of nitrogens with zero attached hydrogens (tertiary/aromatic N) is 2. The zero-order valence-electron chi connectivity index (χ0n) is 16.9. The SMILES string of the molecule is CC.CCn1nc(C(F)(F)F)cc1-c1ccc(NCc2c(F)cc(F)cc2F)cc1F. The molecular formula is C21H20F7N3. The summed E-state index contributed by atoms with van der Waals surface area (Å²) < 4.78 is 94.5. The highest BCUT2D eigenvalue weighted by Crippen LogP contribution is 2.33. The van der Waals surface area contributed by atoms with Crippen LogP contribution in [0.1, 0.15) is 32.0 Å². The quantitative estimate of drug-likeness (QED) is 0.437. The van der Waals surface area contributed by atoms with Crippen LogP contribution in [-0.4, -0.2) is 9.78 Å². The number of rotatable bonds is 5. The lowest BCUT2D eigenvalue weighted by molar-refractivity contribution is -0.141. The molecule has 0 saturated heterocycles. The smallest absolute Gasteiger partial charge is 0.381 e. The first kappa shape index (κ1) is 24.2. The maximum Gasteiger partial charge on any atom is 0.435 e. The molecule has 0 aliphatic heterocycles. The van der Waals surface area contributed by atoms with E-state index in [-0.39, 0.29) is 30.0 Å². The Kier molecular flexibility index (Phi) is 7.70. The van der Waals surface area contributed by atoms with Crippen molar-refractivity contribution in [2.24, 2.45) is 0 Å². The highest BCUT2D eigenvalue weighted by molar-refractivity contribution is 5.64. The Morgan fingerprint density at radius 3 is 2.03 bits per heavy atom. The summed E-state index contributed by atoms with van der Waals surface area (Å²) >= 11 is 0. The topological polar surface area (TPSA) is 29.9 Å². The van der Waals surface area contributed by atoms with Crippen molar-refractivity contribution in [3.8, 4) is 11.3 Å². The number of aromatic nitrogens is 2. The average molecular weight is 447 g/mol. The molecular weight excluding hydrogens is 427 g/mol. The minimum atomic E-state index is -4.67. The third kappa shape index (κ3) is 5.56. The van der Waals surface area contributed by atoms with Crippen LogP contribution in [-0.2, 0) is 19.3 Å². The van der Waals surface area contributed by atoms with Crippen LogP contribution in [0.2, 0.25) is 0 Å². The van der Waals surface area contributed by atoms with Gasteiger partial charge in [-0.25, -0.2) is 17.6 Å². The van der Waals surface area contributed by atoms with Gasteiger partial charge in [0.2, 0.25) is 0 Å². The van der Waals surface area contributed by atoms with Crippen molar-refractivity contribution in [2.45, 2.75) is 40.0 Å². The average Bonchev–Trinajstić information content (AvgIpc) is 3.13. The number of anilines is 1. The van der Waals surface area contributed by atoms with Gasteiger partial charge >= 0.3 is 6.18 Å². The van der Waals surface area contributed by atoms with Gasteiger partial charge in [-0.05, 0) is 31.2 Å². The van der Waals surface area contributed by atoms with Gasteiger partial charge in [0.1, 0.15) is 23.3 Å². The van der Waals surface area contributed by atoms with Crippen LogP contribution in [0.5, 0.6) is 0 Å². The molecule has 1 N–H and O–H groups in total. The minimum Gasteiger partial charge on any atom is -0.381 e. The van der Waals surface area contributed by atoms with Gasteiger partial charge in [0.25, 0.3) is 0 Å². The fourth-order valence-corrected chi connectivity index (χ4v) is 2.78. The zero-order chi connectivity index (χ0) is 23.3. The Morgan fingerprint density at radius 1 is 0.903 bits per heavy atom. The van der Waals surface area contributed by atoms with E-state index in [0.717, 1.165) is 16.8 Å². The van der Waals surface area contributed by atoms with Crippen LogP contribution < -0.4 is 5.32 Å². The molecule has 3 nitrogen and oxygen atoms in total. The van der Waals surface area contributed by atoms with E-state index in [4.69, 9.17) is 0 Å². The lowest BCUT2D eigenvalue weighted by Crippen LogP contribution is -2.07. The first-order chi connectivity index (χ1) is 14.6. The third-order valence-corrected chi connectivity index (χ3v) is 4.19. The normalized spacial score (nSPS) is 11.2. The molecule has 0 bridgehead atoms. The standard InChI is InChI=1S/C19H14F7N3.C2H6/c1-2-29-17(8-18(28-29)19(24,25)26)12-4-3-11(7-16(12)23)27-9-13-14(21)5-10(20)6-15(13)22;1-2/h3-8,27H,2,9H2,1H3;1-2H3. The molecule has 0 radical (unpaired) electrons. The number of nitrogens with one attached hydrogen (secondary N) is 1. The number of hydrogen-bond donors (Lipinski definition) is 1. The minimum absolute atomic E-state index is 0.0560. The molecule has 0 amide bonds. The van der Waals surface area contributed by atoms with E-state index >= 15 is 0 Å². The van der Waals surface area contributed by atoms with Crippen molar-refractivity contribution < 1.29 is 30.7 Å². The maximum absolute atomic E-state index is 14.5. The lowest BCUT2D eigenvalue weighted by Gasteiger charge is -2.11. The molecule has 0 atom stereocenters. The summed E-state index contributed by atoms with van der Waals surface area (Å²) in [4.78, 5) is 0. The van der Waals surface area contributed by atoms with E-state index in [1.165, 1.54) is 12.1 Å². The monoisotopic (exact) mass is 447 g/mol. The Morgan fingerprint density at radius 2 is 1.52 bits per heavy atom. The Hall–Kier alpha value is -3.04. The largest absolute Gasteiger partial charge is 0.435 e. The van der Waals surface area contributed by atoms with Crippen molar-refractivity contribution in [3.63, 3.8) is 0 Å². The second-order valence-corrected chi connectivity index (χ2v) is 6.12. The predicted molar refractivity (Wildman–Crippen MR) is 103 cm³/mol. The number of alkyl halides is 3. The van der Waals surface area contributed by atoms with E-state index in [2.05, 4.69) is 10.4 Å². The van der Waals surface area contributed by atoms with Gasteiger partial charge in [0, 0.05) is 42.0 Å². The fraction of sp³-hybridized carbons (Fsp3) is 0.286. The molecule has 0 aliphatic carbocycles. The first-order valence-corrected chi connectivity index (χ1v) is 9.42. The van der Waals surface area contributed by atoms with E-state index in [1.807, 2.05) is 13.8 Å². The van der Waals surface area contributed by atoms with Gasteiger partial charge in [0.05, 0.1) is 5.69 Å². The number of benzene rings is 2. The molecule has 168 valence electrons. The first-order valence-electron chi connectivity index (χ1n) is 9.42. The van der Waals surface area contributed by atoms with Crippen molar-refractivity contribution in [1.29, 1.82) is 0 Å². The fourth-order valence-electron chi connectivity index (χ4n) is 2.78. The predicted octanol–water partition coefficient (Wildman–Crippen LogP) is 6.78. The van der Waals surface area contributed by atoms with Crippen molar-refractivity contribution in [2.75, 3.05) is 5.32 Å². The highest BCUT2D eigenvalue weighted by atomic mass is 19.4. The highest BCUT2D eigenvalue weighted by Gasteiger charge is 2.35. The van der Waals surface area contributed by atoms with E-state index < -0.39 is 40.7 Å². The zero-order valence-corrected chi connectivity index (χ0v) is 16.9. The third-order valence-electron chi connectivity index (χ3n) is 4.19. The van der Waals surface area contributed by atoms with Crippen LogP contribution in [0.3, 0.4) is 0 Å². The van der Waals surface area contributed by atoms with Crippen molar-refractivity contribution in [1.82, 2.24) is 9.78 Å². The Balaban J connectivity index is 0.00000166. The summed E-state index contributed by atoms with van der Waals surface area (Å²) in [5, 5.41) is 6.03. The molecule has 3 rings (SSSR count). The summed E-state index contributed by atoms with van der Waals surface area (Å²) in [6.45, 7) is 5.27. The Bertz CT molecular complexity index is 1020. The second kappa shape index (κ2) is 9.84. The van der Waals surface area contributed by atoms with Gasteiger partial charge in [-0.1, -0.05) is 13.8 Å². The molecule has 1 aromatic heterocycles. The van der Waals surface area contributed by atoms with Gasteiger partial charge < -0.3 is 5.32 Å². The van der Waals surface area contributed by atoms with Crippen LogP contribution in [0.15, 0.2) is 36.4 Å². The van der Waals surface area contributed by atoms with E-state index in [9.17, 15) is 30.7 Å². The Labute approximate surface area is 174 Å². The molecule has 0 aliphatic rings. The summed E-state index contributed by atoms with van der Waals surface area (Å²) in [5.41, 5.74) is -1.61. The van der Waals surface area contributed by atoms with Gasteiger partial charge in [0.15, 0.2) is 5.69 Å². The van der Waals surface area contributed by atoms with Crippen LogP contribution >= 0.6 is 0 Å². The summed E-state index contributed by atoms with van der Waals surface area (Å²) in [7, 11) is 0. The molecule has 2 aromatic carbocycles. The molecule has 31 heavy (non-hydrogen) atoms.